The van der Waals surface area contributed by atoms with Crippen molar-refractivity contribution in [3.8, 4) is 0 Å². The van der Waals surface area contributed by atoms with Crippen LogP contribution < -0.4 is 5.32 Å². The van der Waals surface area contributed by atoms with Crippen LogP contribution in [0.2, 0.25) is 0 Å². The Bertz CT molecular complexity index is 403. The van der Waals surface area contributed by atoms with Crippen LogP contribution in [0.15, 0.2) is 18.3 Å². The number of carbonyl (C=O) groups is 1. The Balaban J connectivity index is 1.76. The van der Waals surface area contributed by atoms with Gasteiger partial charge < -0.3 is 10.4 Å². The molecule has 2 unspecified atom stereocenters. The van der Waals surface area contributed by atoms with Gasteiger partial charge in [-0.15, -0.1) is 0 Å². The Kier molecular flexibility index (Phi) is 4.31. The highest BCUT2D eigenvalue weighted by Crippen LogP contribution is 2.24. The highest BCUT2D eigenvalue weighted by Gasteiger charge is 2.25. The smallest absolute Gasteiger partial charge is 0.224 e. The normalized spacial score (nSPS) is 23.0. The van der Waals surface area contributed by atoms with Crippen LogP contribution in [0, 0.1) is 12.8 Å². The number of hydrogen-bond acceptors (Lipinski definition) is 3. The van der Waals surface area contributed by atoms with E-state index in [1.807, 2.05) is 19.1 Å². The number of amides is 1. The van der Waals surface area contributed by atoms with Gasteiger partial charge in [-0.2, -0.15) is 0 Å². The molecule has 1 aliphatic carbocycles. The van der Waals surface area contributed by atoms with Gasteiger partial charge in [0.05, 0.1) is 12.5 Å². The molecule has 98 valence electrons. The fraction of sp³-hybridized carbons (Fsp3) is 0.571. The first kappa shape index (κ1) is 13.0. The lowest BCUT2D eigenvalue weighted by Crippen LogP contribution is -2.33. The molecule has 1 heterocycles. The first-order chi connectivity index (χ1) is 8.65. The summed E-state index contributed by atoms with van der Waals surface area (Å²) in [6, 6.07) is 3.83. The van der Waals surface area contributed by atoms with Crippen LogP contribution in [-0.4, -0.2) is 28.6 Å². The predicted molar refractivity (Wildman–Crippen MR) is 69.0 cm³/mol. The van der Waals surface area contributed by atoms with E-state index in [-0.39, 0.29) is 17.9 Å². The van der Waals surface area contributed by atoms with Gasteiger partial charge >= 0.3 is 0 Å². The Hall–Kier alpha value is -1.42. The van der Waals surface area contributed by atoms with Gasteiger partial charge in [0.25, 0.3) is 0 Å². The second-order valence-electron chi connectivity index (χ2n) is 5.05. The molecule has 0 aromatic carbocycles. The molecule has 2 atom stereocenters. The van der Waals surface area contributed by atoms with E-state index >= 15 is 0 Å². The van der Waals surface area contributed by atoms with Gasteiger partial charge in [0.15, 0.2) is 0 Å². The molecule has 0 radical (unpaired) electrons. The summed E-state index contributed by atoms with van der Waals surface area (Å²) in [6.45, 7) is 2.50. The number of aliphatic hydroxyl groups excluding tert-OH is 1. The number of rotatable bonds is 4. The zero-order valence-electron chi connectivity index (χ0n) is 10.7. The standard InChI is InChI=1S/C14H20N2O2/c1-10-5-6-11(8-15-10)7-14(18)16-9-12-3-2-4-13(12)17/h5-6,8,12-13,17H,2-4,7,9H2,1H3,(H,16,18). The number of aryl methyl sites for hydroxylation is 1. The second-order valence-corrected chi connectivity index (χ2v) is 5.05. The maximum Gasteiger partial charge on any atom is 0.224 e. The lowest BCUT2D eigenvalue weighted by molar-refractivity contribution is -0.120. The summed E-state index contributed by atoms with van der Waals surface area (Å²) in [5.74, 6) is 0.227. The molecule has 0 aliphatic heterocycles. The maximum absolute atomic E-state index is 11.7. The minimum atomic E-state index is -0.244. The fourth-order valence-corrected chi connectivity index (χ4v) is 2.35. The van der Waals surface area contributed by atoms with Gasteiger partial charge in [0.1, 0.15) is 0 Å². The monoisotopic (exact) mass is 248 g/mol. The van der Waals surface area contributed by atoms with Crippen LogP contribution in [-0.2, 0) is 11.2 Å². The van der Waals surface area contributed by atoms with E-state index in [4.69, 9.17) is 0 Å². The molecule has 4 nitrogen and oxygen atoms in total. The molecule has 1 aliphatic rings. The van der Waals surface area contributed by atoms with Gasteiger partial charge in [0.2, 0.25) is 5.91 Å². The molecule has 18 heavy (non-hydrogen) atoms. The third-order valence-corrected chi connectivity index (χ3v) is 3.52. The predicted octanol–water partition coefficient (Wildman–Crippen LogP) is 1.21. The number of nitrogens with zero attached hydrogens (tertiary/aromatic N) is 1. The van der Waals surface area contributed by atoms with E-state index in [0.717, 1.165) is 30.5 Å². The molecule has 1 amide bonds. The van der Waals surface area contributed by atoms with Gasteiger partial charge in [0, 0.05) is 24.4 Å². The number of carbonyl (C=O) groups excluding carboxylic acids is 1. The van der Waals surface area contributed by atoms with Crippen molar-refractivity contribution in [1.82, 2.24) is 10.3 Å². The Morgan fingerprint density at radius 2 is 2.33 bits per heavy atom. The number of nitrogens with one attached hydrogen (secondary N) is 1. The quantitative estimate of drug-likeness (QED) is 0.842. The average Bonchev–Trinajstić information content (AvgIpc) is 2.75. The van der Waals surface area contributed by atoms with Crippen molar-refractivity contribution in [2.75, 3.05) is 6.54 Å². The molecule has 2 rings (SSSR count). The van der Waals surface area contributed by atoms with Crippen LogP contribution in [0.25, 0.3) is 0 Å². The minimum Gasteiger partial charge on any atom is -0.393 e. The zero-order chi connectivity index (χ0) is 13.0. The molecule has 2 N–H and O–H groups in total. The molecule has 0 bridgehead atoms. The van der Waals surface area contributed by atoms with Gasteiger partial charge in [-0.3, -0.25) is 9.78 Å². The lowest BCUT2D eigenvalue weighted by Gasteiger charge is -2.15. The summed E-state index contributed by atoms with van der Waals surface area (Å²) >= 11 is 0. The largest absolute Gasteiger partial charge is 0.393 e. The van der Waals surface area contributed by atoms with Crippen LogP contribution in [0.3, 0.4) is 0 Å². The second kappa shape index (κ2) is 5.96. The molecular weight excluding hydrogens is 228 g/mol. The van der Waals surface area contributed by atoms with Crippen molar-refractivity contribution in [3.05, 3.63) is 29.6 Å². The third-order valence-electron chi connectivity index (χ3n) is 3.52. The first-order valence-electron chi connectivity index (χ1n) is 6.51. The highest BCUT2D eigenvalue weighted by molar-refractivity contribution is 5.78. The summed E-state index contributed by atoms with van der Waals surface area (Å²) in [7, 11) is 0. The van der Waals surface area contributed by atoms with E-state index in [1.165, 1.54) is 0 Å². The average molecular weight is 248 g/mol. The number of aromatic nitrogens is 1. The van der Waals surface area contributed by atoms with Crippen molar-refractivity contribution in [1.29, 1.82) is 0 Å². The molecule has 0 spiro atoms. The highest BCUT2D eigenvalue weighted by atomic mass is 16.3. The van der Waals surface area contributed by atoms with E-state index in [0.29, 0.717) is 13.0 Å². The summed E-state index contributed by atoms with van der Waals surface area (Å²) < 4.78 is 0. The Morgan fingerprint density at radius 1 is 1.50 bits per heavy atom. The SMILES string of the molecule is Cc1ccc(CC(=O)NCC2CCCC2O)cn1. The van der Waals surface area contributed by atoms with Crippen molar-refractivity contribution >= 4 is 5.91 Å². The minimum absolute atomic E-state index is 0.000229. The molecule has 1 saturated carbocycles. The van der Waals surface area contributed by atoms with Crippen molar-refractivity contribution in [2.24, 2.45) is 5.92 Å². The summed E-state index contributed by atoms with van der Waals surface area (Å²) in [5.41, 5.74) is 1.87. The molecule has 1 aromatic heterocycles. The molecular formula is C14H20N2O2. The molecule has 4 heteroatoms. The Labute approximate surface area is 107 Å². The van der Waals surface area contributed by atoms with E-state index in [1.54, 1.807) is 6.20 Å². The molecule has 1 aromatic rings. The summed E-state index contributed by atoms with van der Waals surface area (Å²) in [6.07, 6.45) is 4.78. The maximum atomic E-state index is 11.7. The van der Waals surface area contributed by atoms with E-state index in [2.05, 4.69) is 10.3 Å². The topological polar surface area (TPSA) is 62.2 Å². The van der Waals surface area contributed by atoms with Crippen molar-refractivity contribution in [2.45, 2.75) is 38.7 Å². The number of hydrogen-bond donors (Lipinski definition) is 2. The van der Waals surface area contributed by atoms with E-state index < -0.39 is 0 Å². The van der Waals surface area contributed by atoms with Gasteiger partial charge in [-0.1, -0.05) is 12.5 Å². The van der Waals surface area contributed by atoms with Crippen molar-refractivity contribution < 1.29 is 9.90 Å². The van der Waals surface area contributed by atoms with E-state index in [9.17, 15) is 9.90 Å². The fourth-order valence-electron chi connectivity index (χ4n) is 2.35. The van der Waals surface area contributed by atoms with Gasteiger partial charge in [-0.25, -0.2) is 0 Å². The van der Waals surface area contributed by atoms with Crippen LogP contribution >= 0.6 is 0 Å². The van der Waals surface area contributed by atoms with Crippen LogP contribution in [0.5, 0.6) is 0 Å². The van der Waals surface area contributed by atoms with Crippen molar-refractivity contribution in [3.63, 3.8) is 0 Å². The first-order valence-corrected chi connectivity index (χ1v) is 6.51. The van der Waals surface area contributed by atoms with Gasteiger partial charge in [-0.05, 0) is 31.4 Å². The summed E-state index contributed by atoms with van der Waals surface area (Å²) in [4.78, 5) is 15.9. The van der Waals surface area contributed by atoms with Crippen LogP contribution in [0.1, 0.15) is 30.5 Å². The molecule has 1 fully saturated rings. The summed E-state index contributed by atoms with van der Waals surface area (Å²) in [5, 5.41) is 12.6. The molecule has 0 saturated heterocycles. The number of pyridine rings is 1. The Morgan fingerprint density at radius 3 is 2.94 bits per heavy atom. The lowest BCUT2D eigenvalue weighted by atomic mass is 10.1. The third kappa shape index (κ3) is 3.53. The number of aliphatic hydroxyl groups is 1. The van der Waals surface area contributed by atoms with Crippen LogP contribution in [0.4, 0.5) is 0 Å². The zero-order valence-corrected chi connectivity index (χ0v) is 10.7.